The Morgan fingerprint density at radius 3 is 1.90 bits per heavy atom. The number of carboxylic acids is 1. The van der Waals surface area contributed by atoms with Crippen molar-refractivity contribution in [3.63, 3.8) is 0 Å². The molecule has 1 saturated carbocycles. The van der Waals surface area contributed by atoms with Crippen LogP contribution in [0.15, 0.2) is 0 Å². The van der Waals surface area contributed by atoms with Crippen molar-refractivity contribution in [2.24, 2.45) is 10.8 Å². The van der Waals surface area contributed by atoms with Crippen molar-refractivity contribution in [1.82, 2.24) is 0 Å². The van der Waals surface area contributed by atoms with Gasteiger partial charge in [0.15, 0.2) is 9.84 Å². The minimum atomic E-state index is -3.26. The minimum absolute atomic E-state index is 0.0385. The SMILES string of the molecule is CC1(C)CCC(CCS(=O)(=O)C(C)(C)C)(C(=O)O)CC1. The van der Waals surface area contributed by atoms with Crippen LogP contribution in [0.5, 0.6) is 0 Å². The number of sulfone groups is 1. The summed E-state index contributed by atoms with van der Waals surface area (Å²) in [6, 6.07) is 0. The molecule has 0 aromatic rings. The van der Waals surface area contributed by atoms with Crippen LogP contribution in [0.4, 0.5) is 0 Å². The van der Waals surface area contributed by atoms with Gasteiger partial charge in [0.1, 0.15) is 0 Å². The Morgan fingerprint density at radius 2 is 1.55 bits per heavy atom. The van der Waals surface area contributed by atoms with Crippen molar-refractivity contribution in [3.8, 4) is 0 Å². The van der Waals surface area contributed by atoms with Gasteiger partial charge in [-0.25, -0.2) is 8.42 Å². The Balaban J connectivity index is 2.84. The van der Waals surface area contributed by atoms with E-state index in [0.29, 0.717) is 12.8 Å². The van der Waals surface area contributed by atoms with Crippen molar-refractivity contribution in [2.45, 2.75) is 71.5 Å². The highest BCUT2D eigenvalue weighted by Crippen LogP contribution is 2.47. The third kappa shape index (κ3) is 3.74. The van der Waals surface area contributed by atoms with Gasteiger partial charge in [0.25, 0.3) is 0 Å². The van der Waals surface area contributed by atoms with Crippen molar-refractivity contribution in [1.29, 1.82) is 0 Å². The quantitative estimate of drug-likeness (QED) is 0.865. The smallest absolute Gasteiger partial charge is 0.309 e. The molecule has 0 unspecified atom stereocenters. The molecule has 1 rings (SSSR count). The van der Waals surface area contributed by atoms with E-state index in [1.165, 1.54) is 0 Å². The summed E-state index contributed by atoms with van der Waals surface area (Å²) in [6.45, 7) is 9.29. The fourth-order valence-electron chi connectivity index (χ4n) is 2.61. The maximum absolute atomic E-state index is 12.2. The van der Waals surface area contributed by atoms with E-state index in [1.807, 2.05) is 0 Å². The molecule has 0 aromatic heterocycles. The molecule has 0 saturated heterocycles. The van der Waals surface area contributed by atoms with Gasteiger partial charge >= 0.3 is 5.97 Å². The molecular formula is C15H28O4S. The molecule has 20 heavy (non-hydrogen) atoms. The zero-order valence-corrected chi connectivity index (χ0v) is 14.1. The fraction of sp³-hybridized carbons (Fsp3) is 0.933. The number of carboxylic acid groups (broad SMARTS) is 1. The normalized spacial score (nSPS) is 22.4. The first kappa shape index (κ1) is 17.5. The average molecular weight is 304 g/mol. The average Bonchev–Trinajstić information content (AvgIpc) is 2.26. The highest BCUT2D eigenvalue weighted by Gasteiger charge is 2.45. The van der Waals surface area contributed by atoms with Crippen LogP contribution in [-0.4, -0.2) is 30.0 Å². The molecule has 0 bridgehead atoms. The zero-order valence-electron chi connectivity index (χ0n) is 13.3. The fourth-order valence-corrected chi connectivity index (χ4v) is 3.88. The van der Waals surface area contributed by atoms with Crippen LogP contribution in [-0.2, 0) is 14.6 Å². The first-order chi connectivity index (χ1) is 8.81. The van der Waals surface area contributed by atoms with Crippen molar-refractivity contribution in [2.75, 3.05) is 5.75 Å². The van der Waals surface area contributed by atoms with E-state index in [-0.39, 0.29) is 17.6 Å². The van der Waals surface area contributed by atoms with Gasteiger partial charge in [0.05, 0.1) is 15.9 Å². The molecule has 0 atom stereocenters. The lowest BCUT2D eigenvalue weighted by Crippen LogP contribution is -2.41. The highest BCUT2D eigenvalue weighted by atomic mass is 32.2. The molecule has 0 radical (unpaired) electrons. The molecule has 1 fully saturated rings. The second-order valence-electron chi connectivity index (χ2n) is 7.93. The lowest BCUT2D eigenvalue weighted by molar-refractivity contribution is -0.152. The van der Waals surface area contributed by atoms with E-state index in [0.717, 1.165) is 12.8 Å². The maximum Gasteiger partial charge on any atom is 0.309 e. The van der Waals surface area contributed by atoms with Gasteiger partial charge < -0.3 is 5.11 Å². The van der Waals surface area contributed by atoms with E-state index in [9.17, 15) is 18.3 Å². The Labute approximate surface area is 122 Å². The summed E-state index contributed by atoms with van der Waals surface area (Å²) in [5.74, 6) is -0.874. The van der Waals surface area contributed by atoms with Crippen LogP contribution in [0.25, 0.3) is 0 Å². The molecule has 0 amide bonds. The second kappa shape index (κ2) is 5.32. The lowest BCUT2D eigenvalue weighted by atomic mass is 9.64. The second-order valence-corrected chi connectivity index (χ2v) is 10.8. The largest absolute Gasteiger partial charge is 0.481 e. The number of carbonyl (C=O) groups is 1. The van der Waals surface area contributed by atoms with Gasteiger partial charge in [-0.3, -0.25) is 4.79 Å². The molecule has 118 valence electrons. The number of hydrogen-bond acceptors (Lipinski definition) is 3. The maximum atomic E-state index is 12.2. The lowest BCUT2D eigenvalue weighted by Gasteiger charge is -2.41. The third-order valence-electron chi connectivity index (χ3n) is 4.80. The summed E-state index contributed by atoms with van der Waals surface area (Å²) < 4.78 is 23.6. The van der Waals surface area contributed by atoms with Gasteiger partial charge in [0, 0.05) is 0 Å². The van der Waals surface area contributed by atoms with Gasteiger partial charge in [0.2, 0.25) is 0 Å². The summed E-state index contributed by atoms with van der Waals surface area (Å²) in [7, 11) is -3.26. The summed E-state index contributed by atoms with van der Waals surface area (Å²) in [5.41, 5.74) is -0.685. The third-order valence-corrected chi connectivity index (χ3v) is 7.40. The number of aliphatic carboxylic acids is 1. The molecule has 0 aromatic carbocycles. The van der Waals surface area contributed by atoms with Crippen LogP contribution in [0.2, 0.25) is 0 Å². The Bertz CT molecular complexity index is 459. The molecule has 0 spiro atoms. The van der Waals surface area contributed by atoms with Crippen molar-refractivity contribution in [3.05, 3.63) is 0 Å². The highest BCUT2D eigenvalue weighted by molar-refractivity contribution is 7.92. The standard InChI is InChI=1S/C15H28O4S/c1-13(2,3)20(18,19)11-10-15(12(16)17)8-6-14(4,5)7-9-15/h6-11H2,1-5H3,(H,16,17). The first-order valence-electron chi connectivity index (χ1n) is 7.27. The van der Waals surface area contributed by atoms with Crippen LogP contribution >= 0.6 is 0 Å². The van der Waals surface area contributed by atoms with E-state index in [2.05, 4.69) is 13.8 Å². The predicted molar refractivity (Wildman–Crippen MR) is 80.5 cm³/mol. The van der Waals surface area contributed by atoms with E-state index in [1.54, 1.807) is 20.8 Å². The molecule has 0 aliphatic heterocycles. The van der Waals surface area contributed by atoms with Crippen LogP contribution in [0.1, 0.15) is 66.7 Å². The van der Waals surface area contributed by atoms with Gasteiger partial charge in [-0.05, 0) is 58.3 Å². The molecule has 0 heterocycles. The van der Waals surface area contributed by atoms with Crippen molar-refractivity contribution < 1.29 is 18.3 Å². The monoisotopic (exact) mass is 304 g/mol. The molecular weight excluding hydrogens is 276 g/mol. The summed E-state index contributed by atoms with van der Waals surface area (Å²) >= 11 is 0. The molecule has 5 heteroatoms. The van der Waals surface area contributed by atoms with Gasteiger partial charge in [-0.15, -0.1) is 0 Å². The number of rotatable bonds is 4. The topological polar surface area (TPSA) is 71.4 Å². The number of hydrogen-bond donors (Lipinski definition) is 1. The predicted octanol–water partition coefficient (Wildman–Crippen LogP) is 3.26. The summed E-state index contributed by atoms with van der Waals surface area (Å²) in [4.78, 5) is 11.7. The van der Waals surface area contributed by atoms with Crippen LogP contribution < -0.4 is 0 Å². The van der Waals surface area contributed by atoms with Gasteiger partial charge in [-0.2, -0.15) is 0 Å². The Hall–Kier alpha value is -0.580. The summed E-state index contributed by atoms with van der Waals surface area (Å²) in [5, 5.41) is 9.56. The Kier molecular flexibility index (Phi) is 4.65. The first-order valence-corrected chi connectivity index (χ1v) is 8.92. The van der Waals surface area contributed by atoms with Crippen LogP contribution in [0, 0.1) is 10.8 Å². The zero-order chi connectivity index (χ0) is 15.8. The molecule has 1 aliphatic carbocycles. The molecule has 1 aliphatic rings. The minimum Gasteiger partial charge on any atom is -0.481 e. The van der Waals surface area contributed by atoms with Crippen molar-refractivity contribution >= 4 is 15.8 Å². The molecule has 1 N–H and O–H groups in total. The van der Waals surface area contributed by atoms with E-state index >= 15 is 0 Å². The van der Waals surface area contributed by atoms with Gasteiger partial charge in [-0.1, -0.05) is 13.8 Å². The molecule has 4 nitrogen and oxygen atoms in total. The Morgan fingerprint density at radius 1 is 1.10 bits per heavy atom. The van der Waals surface area contributed by atoms with Crippen LogP contribution in [0.3, 0.4) is 0 Å². The van der Waals surface area contributed by atoms with E-state index in [4.69, 9.17) is 0 Å². The summed E-state index contributed by atoms with van der Waals surface area (Å²) in [6.07, 6.45) is 3.08. The van der Waals surface area contributed by atoms with E-state index < -0.39 is 26.0 Å².